The van der Waals surface area contributed by atoms with E-state index in [0.717, 1.165) is 19.6 Å². The molecule has 0 saturated carbocycles. The van der Waals surface area contributed by atoms with Crippen LogP contribution in [0.2, 0.25) is 0 Å². The van der Waals surface area contributed by atoms with E-state index >= 15 is 0 Å². The summed E-state index contributed by atoms with van der Waals surface area (Å²) in [6.45, 7) is 4.72. The summed E-state index contributed by atoms with van der Waals surface area (Å²) >= 11 is 0. The van der Waals surface area contributed by atoms with Crippen molar-refractivity contribution in [2.45, 2.75) is 6.92 Å². The molecule has 0 aromatic rings. The van der Waals surface area contributed by atoms with Gasteiger partial charge in [0.15, 0.2) is 0 Å². The number of rotatable bonds is 5. The van der Waals surface area contributed by atoms with Crippen molar-refractivity contribution in [2.24, 2.45) is 0 Å². The van der Waals surface area contributed by atoms with Crippen molar-refractivity contribution in [3.63, 3.8) is 0 Å². The summed E-state index contributed by atoms with van der Waals surface area (Å²) in [6.07, 6.45) is 0. The highest BCUT2D eigenvalue weighted by molar-refractivity contribution is 5.95. The molecule has 8 nitrogen and oxygen atoms in total. The Hall–Kier alpha value is -1.67. The molecular formula is C11H19N3O5. The molecule has 0 aromatic heterocycles. The van der Waals surface area contributed by atoms with E-state index < -0.39 is 31.1 Å². The number of urea groups is 1. The number of hydrogen-bond acceptors (Lipinski definition) is 5. The number of imide groups is 1. The van der Waals surface area contributed by atoms with Crippen molar-refractivity contribution in [1.29, 1.82) is 0 Å². The zero-order chi connectivity index (χ0) is 14.3. The molecule has 1 heterocycles. The summed E-state index contributed by atoms with van der Waals surface area (Å²) in [5, 5.41) is 10.5. The highest BCUT2D eigenvalue weighted by Crippen LogP contribution is 2.01. The highest BCUT2D eigenvalue weighted by atomic mass is 16.5. The Morgan fingerprint density at radius 3 is 2.32 bits per heavy atom. The van der Waals surface area contributed by atoms with Crippen molar-refractivity contribution in [2.75, 3.05) is 45.9 Å². The number of amides is 3. The average molecular weight is 273 g/mol. The minimum atomic E-state index is -1.16. The summed E-state index contributed by atoms with van der Waals surface area (Å²) in [7, 11) is 0. The zero-order valence-electron chi connectivity index (χ0n) is 10.9. The van der Waals surface area contributed by atoms with E-state index in [2.05, 4.69) is 21.9 Å². The molecule has 0 radical (unpaired) electrons. The molecule has 108 valence electrons. The molecule has 1 saturated heterocycles. The van der Waals surface area contributed by atoms with Crippen LogP contribution < -0.4 is 5.32 Å². The Labute approximate surface area is 111 Å². The third-order valence-corrected chi connectivity index (χ3v) is 2.81. The molecule has 1 aliphatic rings. The number of hydrogen-bond donors (Lipinski definition) is 2. The fourth-order valence-electron chi connectivity index (χ4n) is 1.73. The quantitative estimate of drug-likeness (QED) is 0.664. The first kappa shape index (κ1) is 15.4. The number of likely N-dealkylation sites (N-methyl/N-ethyl adjacent to an activating group) is 1. The van der Waals surface area contributed by atoms with Crippen molar-refractivity contribution >= 4 is 17.9 Å². The number of aliphatic carboxylic acids is 1. The van der Waals surface area contributed by atoms with Crippen LogP contribution in [0.1, 0.15) is 6.92 Å². The Balaban J connectivity index is 2.23. The van der Waals surface area contributed by atoms with E-state index in [1.165, 1.54) is 0 Å². The third-order valence-electron chi connectivity index (χ3n) is 2.81. The summed E-state index contributed by atoms with van der Waals surface area (Å²) in [5.74, 6) is -1.79. The van der Waals surface area contributed by atoms with Gasteiger partial charge in [-0.25, -0.2) is 9.59 Å². The second-order valence-electron chi connectivity index (χ2n) is 4.16. The number of carbonyl (C=O) groups excluding carboxylic acids is 2. The van der Waals surface area contributed by atoms with Gasteiger partial charge < -0.3 is 19.6 Å². The predicted octanol–water partition coefficient (Wildman–Crippen LogP) is -1.04. The Bertz CT molecular complexity index is 339. The maximum atomic E-state index is 11.7. The molecule has 0 aliphatic carbocycles. The minimum absolute atomic E-state index is 0.438. The van der Waals surface area contributed by atoms with Crippen LogP contribution >= 0.6 is 0 Å². The van der Waals surface area contributed by atoms with Gasteiger partial charge in [-0.3, -0.25) is 10.1 Å². The normalized spacial score (nSPS) is 16.2. The van der Waals surface area contributed by atoms with E-state index in [9.17, 15) is 14.4 Å². The van der Waals surface area contributed by atoms with Gasteiger partial charge in [0.2, 0.25) is 0 Å². The van der Waals surface area contributed by atoms with Crippen molar-refractivity contribution in [3.8, 4) is 0 Å². The van der Waals surface area contributed by atoms with Gasteiger partial charge in [-0.1, -0.05) is 6.92 Å². The molecule has 0 bridgehead atoms. The van der Waals surface area contributed by atoms with E-state index in [0.29, 0.717) is 13.1 Å². The van der Waals surface area contributed by atoms with Gasteiger partial charge in [0.25, 0.3) is 5.91 Å². The Morgan fingerprint density at radius 2 is 1.79 bits per heavy atom. The predicted molar refractivity (Wildman–Crippen MR) is 65.7 cm³/mol. The first-order valence-corrected chi connectivity index (χ1v) is 6.13. The number of ether oxygens (including phenoxy) is 1. The standard InChI is InChI=1S/C11H19N3O5/c1-2-13-3-5-14(6-4-13)11(18)12-9(15)7-19-8-10(16)17/h2-8H2,1H3,(H,16,17)(H,12,15,18). The van der Waals surface area contributed by atoms with Crippen molar-refractivity contribution in [1.82, 2.24) is 15.1 Å². The van der Waals surface area contributed by atoms with Crippen molar-refractivity contribution < 1.29 is 24.2 Å². The van der Waals surface area contributed by atoms with E-state index in [1.54, 1.807) is 4.90 Å². The Morgan fingerprint density at radius 1 is 1.16 bits per heavy atom. The van der Waals surface area contributed by atoms with Crippen LogP contribution in [0.5, 0.6) is 0 Å². The van der Waals surface area contributed by atoms with Crippen LogP contribution in [0.4, 0.5) is 4.79 Å². The van der Waals surface area contributed by atoms with Gasteiger partial charge in [0.05, 0.1) is 0 Å². The van der Waals surface area contributed by atoms with E-state index in [4.69, 9.17) is 5.11 Å². The van der Waals surface area contributed by atoms with Crippen LogP contribution in [0.15, 0.2) is 0 Å². The maximum absolute atomic E-state index is 11.7. The number of nitrogens with one attached hydrogen (secondary N) is 1. The first-order valence-electron chi connectivity index (χ1n) is 6.13. The minimum Gasteiger partial charge on any atom is -0.480 e. The van der Waals surface area contributed by atoms with Gasteiger partial charge >= 0.3 is 12.0 Å². The summed E-state index contributed by atoms with van der Waals surface area (Å²) in [6, 6.07) is -0.459. The van der Waals surface area contributed by atoms with E-state index in [1.807, 2.05) is 0 Å². The number of carboxylic acids is 1. The first-order chi connectivity index (χ1) is 9.02. The molecule has 0 aromatic carbocycles. The van der Waals surface area contributed by atoms with Gasteiger partial charge in [0.1, 0.15) is 13.2 Å². The topological polar surface area (TPSA) is 99.2 Å². The zero-order valence-corrected chi connectivity index (χ0v) is 10.9. The fourth-order valence-corrected chi connectivity index (χ4v) is 1.73. The Kier molecular flexibility index (Phi) is 6.23. The van der Waals surface area contributed by atoms with E-state index in [-0.39, 0.29) is 0 Å². The largest absolute Gasteiger partial charge is 0.480 e. The number of nitrogens with zero attached hydrogens (tertiary/aromatic N) is 2. The molecule has 1 aliphatic heterocycles. The molecule has 0 atom stereocenters. The smallest absolute Gasteiger partial charge is 0.329 e. The van der Waals surface area contributed by atoms with Gasteiger partial charge in [-0.05, 0) is 6.54 Å². The number of piperazine rings is 1. The average Bonchev–Trinajstić information content (AvgIpc) is 2.38. The molecule has 2 N–H and O–H groups in total. The second kappa shape index (κ2) is 7.70. The molecule has 0 unspecified atom stereocenters. The van der Waals surface area contributed by atoms with Crippen molar-refractivity contribution in [3.05, 3.63) is 0 Å². The number of carboxylic acid groups (broad SMARTS) is 1. The molecule has 8 heteroatoms. The van der Waals surface area contributed by atoms with Crippen LogP contribution in [0.25, 0.3) is 0 Å². The molecule has 19 heavy (non-hydrogen) atoms. The van der Waals surface area contributed by atoms with Gasteiger partial charge in [-0.2, -0.15) is 0 Å². The lowest BCUT2D eigenvalue weighted by Gasteiger charge is -2.33. The fraction of sp³-hybridized carbons (Fsp3) is 0.727. The van der Waals surface area contributed by atoms with Gasteiger partial charge in [0, 0.05) is 26.2 Å². The van der Waals surface area contributed by atoms with Crippen LogP contribution in [-0.4, -0.2) is 78.8 Å². The molecule has 1 rings (SSSR count). The monoisotopic (exact) mass is 273 g/mol. The number of carbonyl (C=O) groups is 3. The van der Waals surface area contributed by atoms with Gasteiger partial charge in [-0.15, -0.1) is 0 Å². The maximum Gasteiger partial charge on any atom is 0.329 e. The lowest BCUT2D eigenvalue weighted by atomic mass is 10.3. The SMILES string of the molecule is CCN1CCN(C(=O)NC(=O)COCC(=O)O)CC1. The summed E-state index contributed by atoms with van der Waals surface area (Å²) in [4.78, 5) is 37.0. The lowest BCUT2D eigenvalue weighted by Crippen LogP contribution is -2.53. The second-order valence-corrected chi connectivity index (χ2v) is 4.16. The summed E-state index contributed by atoms with van der Waals surface area (Å²) in [5.41, 5.74) is 0. The van der Waals surface area contributed by atoms with Crippen LogP contribution in [-0.2, 0) is 14.3 Å². The summed E-state index contributed by atoms with van der Waals surface area (Å²) < 4.78 is 4.59. The molecule has 3 amide bonds. The van der Waals surface area contributed by atoms with Crippen LogP contribution in [0, 0.1) is 0 Å². The molecular weight excluding hydrogens is 254 g/mol. The highest BCUT2D eigenvalue weighted by Gasteiger charge is 2.21. The molecule has 0 spiro atoms. The third kappa shape index (κ3) is 5.66. The van der Waals surface area contributed by atoms with Crippen LogP contribution in [0.3, 0.4) is 0 Å². The molecule has 1 fully saturated rings. The lowest BCUT2D eigenvalue weighted by molar-refractivity contribution is -0.143.